The van der Waals surface area contributed by atoms with Gasteiger partial charge in [-0.05, 0) is 41.5 Å². The van der Waals surface area contributed by atoms with Crippen LogP contribution in [0.15, 0.2) is 83.7 Å². The average Bonchev–Trinajstić information content (AvgIpc) is 2.78. The van der Waals surface area contributed by atoms with Gasteiger partial charge in [0, 0.05) is 25.1 Å². The number of hydrogen-bond donors (Lipinski definition) is 2. The molecule has 0 unspecified atom stereocenters. The molecule has 1 aromatic heterocycles. The van der Waals surface area contributed by atoms with Crippen molar-refractivity contribution in [3.63, 3.8) is 0 Å². The second-order valence-corrected chi connectivity index (χ2v) is 7.53. The zero-order chi connectivity index (χ0) is 21.1. The highest BCUT2D eigenvalue weighted by atomic mass is 32.1. The summed E-state index contributed by atoms with van der Waals surface area (Å²) in [5.74, 6) is -0.163. The highest BCUT2D eigenvalue weighted by molar-refractivity contribution is 7.71. The maximum Gasteiger partial charge on any atom is 0.261 e. The van der Waals surface area contributed by atoms with E-state index in [-0.39, 0.29) is 17.4 Å². The minimum absolute atomic E-state index is 0.0370. The molecule has 0 atom stereocenters. The fourth-order valence-corrected chi connectivity index (χ4v) is 3.74. The molecule has 0 spiro atoms. The van der Waals surface area contributed by atoms with Gasteiger partial charge in [0.25, 0.3) is 11.5 Å². The van der Waals surface area contributed by atoms with Crippen LogP contribution in [0.5, 0.6) is 0 Å². The molecule has 4 aromatic rings. The molecule has 30 heavy (non-hydrogen) atoms. The van der Waals surface area contributed by atoms with Gasteiger partial charge in [-0.15, -0.1) is 0 Å². The summed E-state index contributed by atoms with van der Waals surface area (Å²) in [7, 11) is 1.62. The topological polar surface area (TPSA) is 66.9 Å². The fraction of sp³-hybridized carbons (Fsp3) is 0.125. The van der Waals surface area contributed by atoms with Gasteiger partial charge in [0.2, 0.25) is 0 Å². The lowest BCUT2D eigenvalue weighted by molar-refractivity contribution is 0.0952. The predicted octanol–water partition coefficient (Wildman–Crippen LogP) is 4.16. The van der Waals surface area contributed by atoms with E-state index in [2.05, 4.69) is 34.6 Å². The average molecular weight is 416 g/mol. The van der Waals surface area contributed by atoms with Crippen LogP contribution in [0.25, 0.3) is 10.9 Å². The zero-order valence-corrected chi connectivity index (χ0v) is 17.3. The molecule has 2 N–H and O–H groups in total. The van der Waals surface area contributed by atoms with Crippen LogP contribution in [0.2, 0.25) is 0 Å². The molecule has 1 heterocycles. The fourth-order valence-electron chi connectivity index (χ4n) is 3.54. The largest absolute Gasteiger partial charge is 0.351 e. The van der Waals surface area contributed by atoms with Crippen molar-refractivity contribution in [2.75, 3.05) is 6.54 Å². The van der Waals surface area contributed by atoms with Crippen LogP contribution in [0.4, 0.5) is 0 Å². The molecule has 0 radical (unpaired) electrons. The summed E-state index contributed by atoms with van der Waals surface area (Å²) in [4.78, 5) is 28.2. The van der Waals surface area contributed by atoms with Crippen LogP contribution in [0.1, 0.15) is 27.4 Å². The van der Waals surface area contributed by atoms with E-state index in [1.807, 2.05) is 36.4 Å². The second-order valence-electron chi connectivity index (χ2n) is 7.14. The zero-order valence-electron chi connectivity index (χ0n) is 16.5. The van der Waals surface area contributed by atoms with Gasteiger partial charge in [-0.3, -0.25) is 14.2 Å². The molecule has 6 heteroatoms. The van der Waals surface area contributed by atoms with Gasteiger partial charge < -0.3 is 10.3 Å². The monoisotopic (exact) mass is 415 g/mol. The molecule has 0 bridgehead atoms. The Labute approximate surface area is 179 Å². The summed E-state index contributed by atoms with van der Waals surface area (Å²) in [6.07, 6.45) is 0. The van der Waals surface area contributed by atoms with Gasteiger partial charge in [-0.2, -0.15) is 0 Å². The summed E-state index contributed by atoms with van der Waals surface area (Å²) < 4.78 is 1.69. The molecule has 4 rings (SSSR count). The number of hydrogen-bond acceptors (Lipinski definition) is 3. The number of nitrogens with one attached hydrogen (secondary N) is 2. The predicted molar refractivity (Wildman–Crippen MR) is 121 cm³/mol. The van der Waals surface area contributed by atoms with Gasteiger partial charge in [-0.25, -0.2) is 0 Å². The van der Waals surface area contributed by atoms with Gasteiger partial charge in [0.15, 0.2) is 4.77 Å². The first kappa shape index (κ1) is 19.8. The van der Waals surface area contributed by atoms with Gasteiger partial charge in [0.1, 0.15) is 0 Å². The lowest BCUT2D eigenvalue weighted by atomic mass is 9.91. The van der Waals surface area contributed by atoms with E-state index in [4.69, 9.17) is 12.2 Å². The van der Waals surface area contributed by atoms with Crippen molar-refractivity contribution in [2.24, 2.45) is 7.05 Å². The Kier molecular flexibility index (Phi) is 5.59. The van der Waals surface area contributed by atoms with E-state index in [1.54, 1.807) is 25.2 Å². The van der Waals surface area contributed by atoms with Crippen LogP contribution in [-0.4, -0.2) is 22.0 Å². The lowest BCUT2D eigenvalue weighted by Crippen LogP contribution is -2.29. The van der Waals surface area contributed by atoms with E-state index in [1.165, 1.54) is 4.57 Å². The Bertz CT molecular complexity index is 1270. The molecule has 1 amide bonds. The summed E-state index contributed by atoms with van der Waals surface area (Å²) in [6, 6.07) is 25.2. The van der Waals surface area contributed by atoms with E-state index in [0.717, 1.165) is 11.1 Å². The van der Waals surface area contributed by atoms with E-state index in [9.17, 15) is 9.59 Å². The minimum atomic E-state index is -0.200. The van der Waals surface area contributed by atoms with Crippen molar-refractivity contribution in [1.29, 1.82) is 0 Å². The van der Waals surface area contributed by atoms with Crippen LogP contribution in [0.3, 0.4) is 0 Å². The summed E-state index contributed by atoms with van der Waals surface area (Å²) in [5, 5.41) is 3.53. The van der Waals surface area contributed by atoms with E-state index >= 15 is 0 Å². The van der Waals surface area contributed by atoms with Gasteiger partial charge in [-0.1, -0.05) is 60.7 Å². The summed E-state index contributed by atoms with van der Waals surface area (Å²) in [5.41, 5.74) is 3.11. The molecule has 3 aromatic carbocycles. The number of nitrogens with zero attached hydrogens (tertiary/aromatic N) is 1. The number of aromatic amines is 1. The molecule has 0 aliphatic heterocycles. The molecule has 150 valence electrons. The smallest absolute Gasteiger partial charge is 0.261 e. The quantitative estimate of drug-likeness (QED) is 0.481. The van der Waals surface area contributed by atoms with Crippen LogP contribution >= 0.6 is 12.2 Å². The van der Waals surface area contributed by atoms with Crippen LogP contribution in [-0.2, 0) is 7.05 Å². The van der Waals surface area contributed by atoms with Crippen molar-refractivity contribution in [2.45, 2.75) is 5.92 Å². The Hall–Kier alpha value is -3.51. The second kappa shape index (κ2) is 8.47. The Balaban J connectivity index is 1.60. The van der Waals surface area contributed by atoms with Crippen molar-refractivity contribution < 1.29 is 4.79 Å². The summed E-state index contributed by atoms with van der Waals surface area (Å²) in [6.45, 7) is 0.456. The maximum absolute atomic E-state index is 12.9. The maximum atomic E-state index is 12.9. The van der Waals surface area contributed by atoms with E-state index in [0.29, 0.717) is 27.8 Å². The third kappa shape index (κ3) is 3.95. The first-order valence-electron chi connectivity index (χ1n) is 9.66. The first-order chi connectivity index (χ1) is 14.5. The van der Waals surface area contributed by atoms with Gasteiger partial charge >= 0.3 is 0 Å². The first-order valence-corrected chi connectivity index (χ1v) is 10.1. The molecule has 5 nitrogen and oxygen atoms in total. The number of fused-ring (bicyclic) bond motifs is 1. The van der Waals surface area contributed by atoms with Gasteiger partial charge in [0.05, 0.1) is 10.9 Å². The number of carbonyl (C=O) groups excluding carboxylic acids is 1. The molecule has 0 saturated carbocycles. The highest BCUT2D eigenvalue weighted by Gasteiger charge is 2.16. The van der Waals surface area contributed by atoms with Crippen molar-refractivity contribution in [3.05, 3.63) is 111 Å². The molecule has 0 fully saturated rings. The Morgan fingerprint density at radius 1 is 1.00 bits per heavy atom. The molecule has 0 saturated heterocycles. The third-order valence-corrected chi connectivity index (χ3v) is 5.61. The number of carbonyl (C=O) groups is 1. The number of rotatable bonds is 5. The minimum Gasteiger partial charge on any atom is -0.351 e. The standard InChI is InChI=1S/C24H21N3O2S/c1-27-23(29)19-13-12-18(14-21(19)26-24(27)30)22(28)25-15-20(16-8-4-2-5-9-16)17-10-6-3-7-11-17/h2-14,20H,15H2,1H3,(H,25,28)(H,26,30). The highest BCUT2D eigenvalue weighted by Crippen LogP contribution is 2.24. The number of H-pyrrole nitrogens is 1. The molecule has 0 aliphatic carbocycles. The van der Waals surface area contributed by atoms with Crippen LogP contribution < -0.4 is 10.9 Å². The van der Waals surface area contributed by atoms with Crippen molar-refractivity contribution >= 4 is 29.0 Å². The van der Waals surface area contributed by atoms with Crippen molar-refractivity contribution in [1.82, 2.24) is 14.9 Å². The number of benzene rings is 3. The molecule has 0 aliphatic rings. The number of aromatic nitrogens is 2. The SMILES string of the molecule is Cn1c(=S)[nH]c2cc(C(=O)NCC(c3ccccc3)c3ccccc3)ccc2c1=O. The van der Waals surface area contributed by atoms with Crippen LogP contribution in [0, 0.1) is 4.77 Å². The Morgan fingerprint density at radius 2 is 1.60 bits per heavy atom. The van der Waals surface area contributed by atoms with Crippen molar-refractivity contribution in [3.8, 4) is 0 Å². The number of amides is 1. The Morgan fingerprint density at radius 3 is 2.20 bits per heavy atom. The lowest BCUT2D eigenvalue weighted by Gasteiger charge is -2.19. The molecular formula is C24H21N3O2S. The molecular weight excluding hydrogens is 394 g/mol. The van der Waals surface area contributed by atoms with E-state index < -0.39 is 0 Å². The normalized spacial score (nSPS) is 11.0. The summed E-state index contributed by atoms with van der Waals surface area (Å²) >= 11 is 5.18. The third-order valence-electron chi connectivity index (χ3n) is 5.23.